The van der Waals surface area contributed by atoms with Crippen LogP contribution in [0.5, 0.6) is 0 Å². The van der Waals surface area contributed by atoms with Gasteiger partial charge in [0.15, 0.2) is 5.76 Å². The van der Waals surface area contributed by atoms with Crippen LogP contribution in [0.2, 0.25) is 0 Å². The molecule has 16 heavy (non-hydrogen) atoms. The van der Waals surface area contributed by atoms with Crippen molar-refractivity contribution in [1.29, 1.82) is 0 Å². The quantitative estimate of drug-likeness (QED) is 0.360. The minimum atomic E-state index is -0.451. The summed E-state index contributed by atoms with van der Waals surface area (Å²) in [5.74, 6) is 5.31. The zero-order valence-electron chi connectivity index (χ0n) is 8.17. The second-order valence-corrected chi connectivity index (χ2v) is 3.76. The fourth-order valence-electron chi connectivity index (χ4n) is 1.14. The van der Waals surface area contributed by atoms with E-state index in [-0.39, 0.29) is 5.76 Å². The Morgan fingerprint density at radius 3 is 3.06 bits per heavy atom. The van der Waals surface area contributed by atoms with E-state index in [1.54, 1.807) is 12.3 Å². The number of furan rings is 1. The highest BCUT2D eigenvalue weighted by atomic mass is 32.2. The average molecular weight is 239 g/mol. The van der Waals surface area contributed by atoms with Crippen LogP contribution in [0.4, 0.5) is 0 Å². The minimum Gasteiger partial charge on any atom is -0.459 e. The number of amides is 1. The van der Waals surface area contributed by atoms with Crippen molar-refractivity contribution in [3.63, 3.8) is 0 Å². The molecule has 2 aromatic rings. The molecule has 0 saturated carbocycles. The topological polar surface area (TPSA) is 94.3 Å². The molecule has 0 aliphatic carbocycles. The molecule has 2 aromatic heterocycles. The highest BCUT2D eigenvalue weighted by molar-refractivity contribution is 7.98. The molecular weight excluding hydrogens is 230 g/mol. The summed E-state index contributed by atoms with van der Waals surface area (Å²) in [7, 11) is 0. The van der Waals surface area contributed by atoms with Gasteiger partial charge < -0.3 is 8.83 Å². The van der Waals surface area contributed by atoms with Crippen molar-refractivity contribution in [2.75, 3.05) is 0 Å². The van der Waals surface area contributed by atoms with E-state index in [0.29, 0.717) is 11.0 Å². The van der Waals surface area contributed by atoms with Gasteiger partial charge in [0.2, 0.25) is 0 Å². The van der Waals surface area contributed by atoms with Gasteiger partial charge in [0.25, 0.3) is 5.22 Å². The van der Waals surface area contributed by atoms with E-state index in [4.69, 9.17) is 14.7 Å². The number of nitrogens with zero attached hydrogens (tertiary/aromatic N) is 1. The van der Waals surface area contributed by atoms with Crippen LogP contribution in [0.25, 0.3) is 0 Å². The van der Waals surface area contributed by atoms with Crippen LogP contribution < -0.4 is 11.3 Å². The third-order valence-electron chi connectivity index (χ3n) is 1.84. The number of rotatable bonds is 4. The summed E-state index contributed by atoms with van der Waals surface area (Å²) in [4.78, 5) is 15.2. The Morgan fingerprint density at radius 1 is 1.50 bits per heavy atom. The van der Waals surface area contributed by atoms with Gasteiger partial charge in [0.05, 0.1) is 12.5 Å². The Labute approximate surface area is 95.2 Å². The molecule has 0 saturated heterocycles. The number of carbonyl (C=O) groups is 1. The molecule has 3 N–H and O–H groups in total. The summed E-state index contributed by atoms with van der Waals surface area (Å²) in [5.41, 5.74) is 2.76. The second kappa shape index (κ2) is 4.86. The predicted molar refractivity (Wildman–Crippen MR) is 56.4 cm³/mol. The Bertz CT molecular complexity index is 466. The van der Waals surface area contributed by atoms with Crippen LogP contribution in [-0.2, 0) is 5.75 Å². The third kappa shape index (κ3) is 2.26. The number of nitrogens with two attached hydrogens (primary N) is 1. The van der Waals surface area contributed by atoms with E-state index >= 15 is 0 Å². The van der Waals surface area contributed by atoms with Gasteiger partial charge in [-0.3, -0.25) is 10.2 Å². The number of hydrogen-bond acceptors (Lipinski definition) is 6. The number of nitrogen functional groups attached to an aromatic ring is 1. The van der Waals surface area contributed by atoms with Crippen LogP contribution in [0.1, 0.15) is 16.1 Å². The number of carbonyl (C=O) groups excluding carboxylic acids is 1. The van der Waals surface area contributed by atoms with Gasteiger partial charge in [0.1, 0.15) is 6.26 Å². The van der Waals surface area contributed by atoms with Crippen molar-refractivity contribution in [3.05, 3.63) is 36.1 Å². The van der Waals surface area contributed by atoms with Crippen LogP contribution in [0, 0.1) is 0 Å². The van der Waals surface area contributed by atoms with E-state index in [1.807, 2.05) is 5.43 Å². The maximum Gasteiger partial charge on any atom is 0.301 e. The lowest BCUT2D eigenvalue weighted by atomic mass is 10.3. The molecule has 0 unspecified atom stereocenters. The predicted octanol–water partition coefficient (Wildman–Crippen LogP) is 1.16. The van der Waals surface area contributed by atoms with Gasteiger partial charge in [-0.1, -0.05) is 11.8 Å². The zero-order chi connectivity index (χ0) is 11.4. The first-order valence-corrected chi connectivity index (χ1v) is 5.39. The van der Waals surface area contributed by atoms with Gasteiger partial charge in [-0.15, -0.1) is 0 Å². The molecular formula is C9H9N3O3S. The largest absolute Gasteiger partial charge is 0.459 e. The van der Waals surface area contributed by atoms with Crippen molar-refractivity contribution < 1.29 is 13.6 Å². The number of thioether (sulfide) groups is 1. The second-order valence-electron chi connectivity index (χ2n) is 2.84. The molecule has 0 bridgehead atoms. The van der Waals surface area contributed by atoms with Crippen molar-refractivity contribution in [3.8, 4) is 0 Å². The van der Waals surface area contributed by atoms with Crippen LogP contribution in [0.15, 0.2) is 38.8 Å². The summed E-state index contributed by atoms with van der Waals surface area (Å²) < 4.78 is 10.1. The number of aromatic nitrogens is 1. The van der Waals surface area contributed by atoms with Crippen molar-refractivity contribution in [2.24, 2.45) is 5.84 Å². The SMILES string of the molecule is NNC(=O)c1occc1CSc1ncco1. The van der Waals surface area contributed by atoms with E-state index in [2.05, 4.69) is 4.98 Å². The van der Waals surface area contributed by atoms with Gasteiger partial charge in [-0.05, 0) is 6.07 Å². The number of nitrogens with one attached hydrogen (secondary N) is 1. The first kappa shape index (κ1) is 10.8. The molecule has 0 aromatic carbocycles. The Morgan fingerprint density at radius 2 is 2.38 bits per heavy atom. The Kier molecular flexibility index (Phi) is 3.28. The molecule has 0 spiro atoms. The summed E-state index contributed by atoms with van der Waals surface area (Å²) in [6.07, 6.45) is 4.49. The summed E-state index contributed by atoms with van der Waals surface area (Å²) >= 11 is 1.37. The van der Waals surface area contributed by atoms with Crippen molar-refractivity contribution >= 4 is 17.7 Å². The standard InChI is InChI=1S/C9H9N3O3S/c10-12-8(13)7-6(1-3-14-7)5-16-9-11-2-4-15-9/h1-4H,5,10H2,(H,12,13). The normalized spacial score (nSPS) is 10.3. The maximum atomic E-state index is 11.3. The van der Waals surface area contributed by atoms with E-state index in [9.17, 15) is 4.79 Å². The number of hydrogen-bond donors (Lipinski definition) is 2. The lowest BCUT2D eigenvalue weighted by Gasteiger charge is -1.99. The summed E-state index contributed by atoms with van der Waals surface area (Å²) in [5, 5.41) is 0.542. The maximum absolute atomic E-state index is 11.3. The monoisotopic (exact) mass is 239 g/mol. The molecule has 0 atom stereocenters. The number of oxazole rings is 1. The molecule has 0 radical (unpaired) electrons. The highest BCUT2D eigenvalue weighted by Crippen LogP contribution is 2.23. The third-order valence-corrected chi connectivity index (χ3v) is 2.75. The minimum absolute atomic E-state index is 0.210. The summed E-state index contributed by atoms with van der Waals surface area (Å²) in [6, 6.07) is 1.71. The molecule has 6 nitrogen and oxygen atoms in total. The molecule has 0 aliphatic rings. The van der Waals surface area contributed by atoms with E-state index in [1.165, 1.54) is 24.3 Å². The van der Waals surface area contributed by atoms with Crippen molar-refractivity contribution in [1.82, 2.24) is 10.4 Å². The van der Waals surface area contributed by atoms with Gasteiger partial charge in [-0.25, -0.2) is 10.8 Å². The molecule has 2 heterocycles. The lowest BCUT2D eigenvalue weighted by molar-refractivity contribution is 0.0925. The Hall–Kier alpha value is -1.73. The van der Waals surface area contributed by atoms with Crippen molar-refractivity contribution in [2.45, 2.75) is 11.0 Å². The molecule has 84 valence electrons. The van der Waals surface area contributed by atoms with Gasteiger partial charge in [-0.2, -0.15) is 0 Å². The van der Waals surface area contributed by atoms with E-state index < -0.39 is 5.91 Å². The molecule has 2 rings (SSSR count). The van der Waals surface area contributed by atoms with E-state index in [0.717, 1.165) is 5.56 Å². The fourth-order valence-corrected chi connectivity index (χ4v) is 1.90. The first-order valence-electron chi connectivity index (χ1n) is 4.41. The average Bonchev–Trinajstić information content (AvgIpc) is 2.96. The first-order chi connectivity index (χ1) is 7.81. The number of hydrazine groups is 1. The fraction of sp³-hybridized carbons (Fsp3) is 0.111. The highest BCUT2D eigenvalue weighted by Gasteiger charge is 2.14. The Balaban J connectivity index is 2.04. The van der Waals surface area contributed by atoms with Gasteiger partial charge >= 0.3 is 5.91 Å². The molecule has 0 aliphatic heterocycles. The molecule has 7 heteroatoms. The smallest absolute Gasteiger partial charge is 0.301 e. The summed E-state index contributed by atoms with van der Waals surface area (Å²) in [6.45, 7) is 0. The molecule has 0 fully saturated rings. The molecule has 1 amide bonds. The van der Waals surface area contributed by atoms with Crippen LogP contribution in [0.3, 0.4) is 0 Å². The zero-order valence-corrected chi connectivity index (χ0v) is 8.99. The van der Waals surface area contributed by atoms with Gasteiger partial charge in [0, 0.05) is 11.3 Å². The van der Waals surface area contributed by atoms with Crippen LogP contribution >= 0.6 is 11.8 Å². The van der Waals surface area contributed by atoms with Crippen LogP contribution in [-0.4, -0.2) is 10.9 Å². The lowest BCUT2D eigenvalue weighted by Crippen LogP contribution is -2.30.